The van der Waals surface area contributed by atoms with E-state index in [1.807, 2.05) is 42.5 Å². The van der Waals surface area contributed by atoms with Crippen molar-refractivity contribution in [3.63, 3.8) is 0 Å². The molecule has 63 heavy (non-hydrogen) atoms. The highest BCUT2D eigenvalue weighted by atomic mass is 15.0. The summed E-state index contributed by atoms with van der Waals surface area (Å²) >= 11 is 0. The number of hydrogen-bond acceptors (Lipinski definition) is 4. The van der Waals surface area contributed by atoms with Crippen molar-refractivity contribution in [2.24, 2.45) is 0 Å². The first-order valence-electron chi connectivity index (χ1n) is 21.4. The minimum atomic E-state index is -0.199. The second kappa shape index (κ2) is 14.2. The lowest BCUT2D eigenvalue weighted by atomic mass is 9.81. The molecule has 0 radical (unpaired) electrons. The van der Waals surface area contributed by atoms with Crippen molar-refractivity contribution in [3.05, 3.63) is 211 Å². The first-order valence-corrected chi connectivity index (χ1v) is 21.4. The van der Waals surface area contributed by atoms with Gasteiger partial charge in [-0.1, -0.05) is 178 Å². The molecule has 0 fully saturated rings. The summed E-state index contributed by atoms with van der Waals surface area (Å²) in [6.45, 7) is 4.68. The molecule has 0 saturated carbocycles. The zero-order valence-electron chi connectivity index (χ0n) is 34.8. The Balaban J connectivity index is 0.931. The van der Waals surface area contributed by atoms with Crippen molar-refractivity contribution in [1.82, 2.24) is 15.0 Å². The summed E-state index contributed by atoms with van der Waals surface area (Å²) < 4.78 is 0. The third-order valence-electron chi connectivity index (χ3n) is 13.1. The maximum absolute atomic E-state index is 9.92. The predicted molar refractivity (Wildman–Crippen MR) is 258 cm³/mol. The molecule has 0 bridgehead atoms. The quantitative estimate of drug-likeness (QED) is 0.157. The summed E-state index contributed by atoms with van der Waals surface area (Å²) in [5.41, 5.74) is 15.4. The van der Waals surface area contributed by atoms with Crippen molar-refractivity contribution in [1.29, 1.82) is 5.26 Å². The molecule has 4 heteroatoms. The molecule has 0 aliphatic heterocycles. The number of nitrogens with zero attached hydrogens (tertiary/aromatic N) is 4. The van der Waals surface area contributed by atoms with E-state index in [9.17, 15) is 5.26 Å². The largest absolute Gasteiger partial charge is 0.208 e. The number of aromatic nitrogens is 3. The molecule has 0 spiro atoms. The highest BCUT2D eigenvalue weighted by Crippen LogP contribution is 2.51. The van der Waals surface area contributed by atoms with Crippen LogP contribution >= 0.6 is 0 Å². The number of rotatable bonds is 6. The minimum Gasteiger partial charge on any atom is -0.208 e. The molecule has 11 aromatic rings. The maximum atomic E-state index is 9.92. The second-order valence-corrected chi connectivity index (χ2v) is 17.1. The Bertz CT molecular complexity index is 3660. The van der Waals surface area contributed by atoms with Crippen LogP contribution in [-0.4, -0.2) is 15.0 Å². The van der Waals surface area contributed by atoms with Crippen LogP contribution in [0.5, 0.6) is 0 Å². The van der Waals surface area contributed by atoms with Gasteiger partial charge in [0.15, 0.2) is 17.5 Å². The van der Waals surface area contributed by atoms with E-state index in [4.69, 9.17) is 15.0 Å². The summed E-state index contributed by atoms with van der Waals surface area (Å²) in [6.07, 6.45) is 0. The van der Waals surface area contributed by atoms with Gasteiger partial charge in [0.2, 0.25) is 0 Å². The first-order chi connectivity index (χ1) is 30.9. The Labute approximate surface area is 365 Å². The van der Waals surface area contributed by atoms with E-state index >= 15 is 0 Å². The van der Waals surface area contributed by atoms with Gasteiger partial charge >= 0.3 is 0 Å². The Morgan fingerprint density at radius 2 is 0.873 bits per heavy atom. The Hall–Kier alpha value is -8.26. The van der Waals surface area contributed by atoms with Gasteiger partial charge < -0.3 is 0 Å². The lowest BCUT2D eigenvalue weighted by molar-refractivity contribution is 0.660. The maximum Gasteiger partial charge on any atom is 0.164 e. The fourth-order valence-corrected chi connectivity index (χ4v) is 9.91. The first kappa shape index (κ1) is 36.6. The van der Waals surface area contributed by atoms with Crippen molar-refractivity contribution in [2.75, 3.05) is 0 Å². The Kier molecular flexibility index (Phi) is 8.22. The van der Waals surface area contributed by atoms with E-state index in [1.165, 1.54) is 49.5 Å². The molecule has 0 atom stereocenters. The molecule has 0 amide bonds. The molecule has 294 valence electrons. The van der Waals surface area contributed by atoms with Gasteiger partial charge in [0.05, 0.1) is 11.6 Å². The number of hydrogen-bond donors (Lipinski definition) is 0. The fraction of sp³-hybridized carbons (Fsp3) is 0.0508. The van der Waals surface area contributed by atoms with Gasteiger partial charge in [0.1, 0.15) is 0 Å². The molecule has 1 heterocycles. The lowest BCUT2D eigenvalue weighted by Gasteiger charge is -2.22. The van der Waals surface area contributed by atoms with Crippen LogP contribution in [0.2, 0.25) is 0 Å². The summed E-state index contributed by atoms with van der Waals surface area (Å²) in [5.74, 6) is 1.90. The van der Waals surface area contributed by atoms with Crippen molar-refractivity contribution in [2.45, 2.75) is 19.3 Å². The molecule has 4 nitrogen and oxygen atoms in total. The predicted octanol–water partition coefficient (Wildman–Crippen LogP) is 14.9. The summed E-state index contributed by atoms with van der Waals surface area (Å²) in [7, 11) is 0. The van der Waals surface area contributed by atoms with Gasteiger partial charge in [0.25, 0.3) is 0 Å². The SMILES string of the molecule is CC1(C)c2ccc(-c3ccc4ccc5c(C#N)ccc6ccc3c4c65)cc2-c2ccc(-c3cccc(-c4nc(-c5ccccc5)nc(-c5cccc(-c6ccccc6)c5)n4)c3)cc21. The van der Waals surface area contributed by atoms with Crippen molar-refractivity contribution >= 4 is 32.3 Å². The van der Waals surface area contributed by atoms with Gasteiger partial charge in [-0.2, -0.15) is 5.26 Å². The van der Waals surface area contributed by atoms with Gasteiger partial charge in [-0.15, -0.1) is 0 Å². The molecule has 1 aliphatic rings. The van der Waals surface area contributed by atoms with Gasteiger partial charge in [-0.3, -0.25) is 0 Å². The number of fused-ring (bicyclic) bond motifs is 3. The molecule has 0 N–H and O–H groups in total. The number of benzene rings is 10. The Morgan fingerprint density at radius 3 is 1.56 bits per heavy atom. The normalized spacial score (nSPS) is 12.7. The van der Waals surface area contributed by atoms with Crippen LogP contribution in [0.25, 0.3) is 111 Å². The van der Waals surface area contributed by atoms with Crippen LogP contribution in [0.15, 0.2) is 194 Å². The zero-order valence-corrected chi connectivity index (χ0v) is 34.8. The third-order valence-corrected chi connectivity index (χ3v) is 13.1. The van der Waals surface area contributed by atoms with Crippen LogP contribution in [-0.2, 0) is 5.41 Å². The molecule has 12 rings (SSSR count). The minimum absolute atomic E-state index is 0.199. The molecular weight excluding hydrogens is 765 g/mol. The van der Waals surface area contributed by atoms with Crippen LogP contribution in [0, 0.1) is 11.3 Å². The number of nitriles is 1. The van der Waals surface area contributed by atoms with Crippen LogP contribution in [0.4, 0.5) is 0 Å². The molecule has 0 saturated heterocycles. The van der Waals surface area contributed by atoms with Crippen LogP contribution in [0.1, 0.15) is 30.5 Å². The van der Waals surface area contributed by atoms with Gasteiger partial charge in [0, 0.05) is 27.5 Å². The smallest absolute Gasteiger partial charge is 0.164 e. The van der Waals surface area contributed by atoms with E-state index in [0.29, 0.717) is 23.0 Å². The average Bonchev–Trinajstić information content (AvgIpc) is 3.58. The zero-order chi connectivity index (χ0) is 42.2. The standard InChI is InChI=1S/C59H38N4/c1-59(2)52-30-25-43(47-26-21-38-22-27-48-46(35-60)20-19-37-23-29-50(47)55(38)54(37)48)33-51(52)49-28-24-42(34-53(49)59)41-16-10-18-45(32-41)58-62-56(39-13-7-4-8-14-39)61-57(63-58)44-17-9-15-40(31-44)36-11-5-3-6-12-36/h3-34H,1-2H3. The third kappa shape index (κ3) is 5.93. The van der Waals surface area contributed by atoms with Crippen LogP contribution in [0.3, 0.4) is 0 Å². The molecule has 1 aliphatic carbocycles. The van der Waals surface area contributed by atoms with Gasteiger partial charge in [-0.05, 0) is 113 Å². The fourth-order valence-electron chi connectivity index (χ4n) is 9.91. The molecule has 10 aromatic carbocycles. The van der Waals surface area contributed by atoms with Crippen LogP contribution < -0.4 is 0 Å². The van der Waals surface area contributed by atoms with E-state index < -0.39 is 0 Å². The van der Waals surface area contributed by atoms with Crippen molar-refractivity contribution in [3.8, 4) is 84.7 Å². The van der Waals surface area contributed by atoms with E-state index in [-0.39, 0.29) is 5.41 Å². The highest BCUT2D eigenvalue weighted by Gasteiger charge is 2.36. The molecular formula is C59H38N4. The van der Waals surface area contributed by atoms with E-state index in [2.05, 4.69) is 172 Å². The Morgan fingerprint density at radius 1 is 0.365 bits per heavy atom. The lowest BCUT2D eigenvalue weighted by Crippen LogP contribution is -2.15. The van der Waals surface area contributed by atoms with E-state index in [0.717, 1.165) is 55.1 Å². The summed E-state index contributed by atoms with van der Waals surface area (Å²) in [5, 5.41) is 16.9. The monoisotopic (exact) mass is 802 g/mol. The highest BCUT2D eigenvalue weighted by molar-refractivity contribution is 6.26. The van der Waals surface area contributed by atoms with E-state index in [1.54, 1.807) is 0 Å². The topological polar surface area (TPSA) is 62.5 Å². The van der Waals surface area contributed by atoms with Crippen molar-refractivity contribution < 1.29 is 0 Å². The summed E-state index contributed by atoms with van der Waals surface area (Å²) in [6, 6.07) is 71.1. The molecule has 1 aromatic heterocycles. The summed E-state index contributed by atoms with van der Waals surface area (Å²) in [4.78, 5) is 15.2. The second-order valence-electron chi connectivity index (χ2n) is 17.1. The average molecular weight is 803 g/mol. The molecule has 0 unspecified atom stereocenters. The van der Waals surface area contributed by atoms with Gasteiger partial charge in [-0.25, -0.2) is 15.0 Å².